The molecule has 0 radical (unpaired) electrons. The average Bonchev–Trinajstić information content (AvgIpc) is 2.90. The van der Waals surface area contributed by atoms with Crippen LogP contribution in [0.1, 0.15) is 17.7 Å². The molecule has 0 unspecified atom stereocenters. The van der Waals surface area contributed by atoms with Crippen molar-refractivity contribution in [3.8, 4) is 0 Å². The van der Waals surface area contributed by atoms with E-state index in [0.717, 1.165) is 56.1 Å². The molecule has 8 heteroatoms. The Hall–Kier alpha value is -3.78. The lowest BCUT2D eigenvalue weighted by atomic mass is 10.1. The van der Waals surface area contributed by atoms with Gasteiger partial charge in [0.15, 0.2) is 0 Å². The summed E-state index contributed by atoms with van der Waals surface area (Å²) in [5.41, 5.74) is 2.91. The molecule has 5 rings (SSSR count). The first kappa shape index (κ1) is 24.9. The molecule has 0 amide bonds. The van der Waals surface area contributed by atoms with Gasteiger partial charge in [0.2, 0.25) is 0 Å². The van der Waals surface area contributed by atoms with Crippen molar-refractivity contribution in [2.45, 2.75) is 19.4 Å². The molecule has 1 fully saturated rings. The zero-order valence-corrected chi connectivity index (χ0v) is 20.4. The van der Waals surface area contributed by atoms with E-state index in [1.54, 1.807) is 12.1 Å². The topological polar surface area (TPSA) is 51.4 Å². The molecule has 37 heavy (non-hydrogen) atoms. The predicted octanol–water partition coefficient (Wildman–Crippen LogP) is 5.31. The summed E-state index contributed by atoms with van der Waals surface area (Å²) >= 11 is 0. The number of nitrogens with zero attached hydrogens (tertiary/aromatic N) is 2. The predicted molar refractivity (Wildman–Crippen MR) is 142 cm³/mol. The van der Waals surface area contributed by atoms with Gasteiger partial charge in [0.25, 0.3) is 5.56 Å². The summed E-state index contributed by atoms with van der Waals surface area (Å²) in [6.07, 6.45) is 1.57. The number of hydrogen-bond donors (Lipinski definition) is 2. The van der Waals surface area contributed by atoms with Gasteiger partial charge in [-0.25, -0.2) is 13.2 Å². The van der Waals surface area contributed by atoms with Crippen molar-refractivity contribution in [3.05, 3.63) is 106 Å². The first-order valence-electron chi connectivity index (χ1n) is 12.5. The van der Waals surface area contributed by atoms with Crippen LogP contribution in [0.25, 0.3) is 10.8 Å². The van der Waals surface area contributed by atoms with Gasteiger partial charge in [0.05, 0.1) is 5.39 Å². The normalized spacial score (nSPS) is 14.3. The van der Waals surface area contributed by atoms with Crippen molar-refractivity contribution in [2.75, 3.05) is 42.9 Å². The number of nitrogens with one attached hydrogen (secondary N) is 2. The third kappa shape index (κ3) is 6.14. The number of H-pyrrole nitrogens is 1. The highest BCUT2D eigenvalue weighted by Crippen LogP contribution is 2.25. The summed E-state index contributed by atoms with van der Waals surface area (Å²) in [7, 11) is 0. The number of rotatable bonds is 8. The number of pyridine rings is 1. The van der Waals surface area contributed by atoms with Crippen molar-refractivity contribution >= 4 is 22.1 Å². The van der Waals surface area contributed by atoms with Crippen molar-refractivity contribution in [2.24, 2.45) is 0 Å². The minimum atomic E-state index is -0.493. The van der Waals surface area contributed by atoms with Crippen LogP contribution in [0.15, 0.2) is 71.5 Å². The van der Waals surface area contributed by atoms with E-state index in [4.69, 9.17) is 0 Å². The molecule has 1 aliphatic rings. The van der Waals surface area contributed by atoms with Crippen molar-refractivity contribution in [1.82, 2.24) is 9.88 Å². The summed E-state index contributed by atoms with van der Waals surface area (Å²) in [6, 6.07) is 17.3. The van der Waals surface area contributed by atoms with E-state index in [2.05, 4.69) is 20.1 Å². The highest BCUT2D eigenvalue weighted by Gasteiger charge is 2.17. The quantitative estimate of drug-likeness (QED) is 0.340. The minimum Gasteiger partial charge on any atom is -0.380 e. The Labute approximate surface area is 213 Å². The maximum absolute atomic E-state index is 14.3. The van der Waals surface area contributed by atoms with E-state index in [1.165, 1.54) is 36.4 Å². The molecule has 4 aromatic rings. The van der Waals surface area contributed by atoms with E-state index >= 15 is 0 Å². The molecule has 0 saturated carbocycles. The summed E-state index contributed by atoms with van der Waals surface area (Å²) in [5, 5.41) is 4.15. The Morgan fingerprint density at radius 1 is 0.784 bits per heavy atom. The van der Waals surface area contributed by atoms with E-state index < -0.39 is 5.82 Å². The molecule has 0 spiro atoms. The van der Waals surface area contributed by atoms with Gasteiger partial charge in [-0.2, -0.15) is 0 Å². The van der Waals surface area contributed by atoms with Gasteiger partial charge in [-0.05, 0) is 79.5 Å². The smallest absolute Gasteiger partial charge is 0.256 e. The van der Waals surface area contributed by atoms with Gasteiger partial charge in [0.1, 0.15) is 17.5 Å². The first-order valence-corrected chi connectivity index (χ1v) is 12.5. The van der Waals surface area contributed by atoms with Gasteiger partial charge in [-0.15, -0.1) is 0 Å². The van der Waals surface area contributed by atoms with Gasteiger partial charge in [0, 0.05) is 55.2 Å². The largest absolute Gasteiger partial charge is 0.380 e. The molecule has 1 aliphatic heterocycles. The van der Waals surface area contributed by atoms with Gasteiger partial charge in [-0.1, -0.05) is 12.1 Å². The standard InChI is InChI=1S/C29H29F3N4O/c30-21-5-3-20(4-6-21)19-33-28-17-23(32)16-27-26(28)18-24(34-29(27)37)2-1-11-35-12-14-36(15-13-35)25-9-7-22(31)8-10-25/h3-10,16-18,33H,1-2,11-15,19H2,(H,34,37). The second kappa shape index (κ2) is 11.1. The summed E-state index contributed by atoms with van der Waals surface area (Å²) in [5.74, 6) is -1.03. The van der Waals surface area contributed by atoms with Gasteiger partial charge >= 0.3 is 0 Å². The lowest BCUT2D eigenvalue weighted by Crippen LogP contribution is -2.46. The second-order valence-electron chi connectivity index (χ2n) is 9.43. The lowest BCUT2D eigenvalue weighted by Gasteiger charge is -2.36. The third-order valence-corrected chi connectivity index (χ3v) is 6.86. The molecule has 0 aliphatic carbocycles. The van der Waals surface area contributed by atoms with Crippen LogP contribution in [-0.2, 0) is 13.0 Å². The Bertz CT molecular complexity index is 1410. The van der Waals surface area contributed by atoms with Crippen LogP contribution in [0.3, 0.4) is 0 Å². The lowest BCUT2D eigenvalue weighted by molar-refractivity contribution is 0.255. The minimum absolute atomic E-state index is 0.227. The monoisotopic (exact) mass is 506 g/mol. The molecule has 0 atom stereocenters. The van der Waals surface area contributed by atoms with Crippen molar-refractivity contribution in [3.63, 3.8) is 0 Å². The van der Waals surface area contributed by atoms with Crippen LogP contribution >= 0.6 is 0 Å². The Kier molecular flexibility index (Phi) is 7.46. The molecule has 1 aromatic heterocycles. The highest BCUT2D eigenvalue weighted by molar-refractivity contribution is 5.93. The summed E-state index contributed by atoms with van der Waals surface area (Å²) < 4.78 is 40.6. The van der Waals surface area contributed by atoms with Crippen molar-refractivity contribution < 1.29 is 13.2 Å². The van der Waals surface area contributed by atoms with Crippen molar-refractivity contribution in [1.29, 1.82) is 0 Å². The number of benzene rings is 3. The fraction of sp³-hybridized carbons (Fsp3) is 0.276. The van der Waals surface area contributed by atoms with Gasteiger partial charge < -0.3 is 15.2 Å². The number of aryl methyl sites for hydroxylation is 1. The van der Waals surface area contributed by atoms with Crippen LogP contribution in [0.2, 0.25) is 0 Å². The summed E-state index contributed by atoms with van der Waals surface area (Å²) in [4.78, 5) is 20.3. The van der Waals surface area contributed by atoms with Crippen LogP contribution in [0, 0.1) is 17.5 Å². The number of halogens is 3. The number of aromatic amines is 1. The molecular weight excluding hydrogens is 477 g/mol. The van der Waals surface area contributed by atoms with E-state index in [-0.39, 0.29) is 17.2 Å². The zero-order valence-electron chi connectivity index (χ0n) is 20.4. The Morgan fingerprint density at radius 3 is 2.16 bits per heavy atom. The second-order valence-corrected chi connectivity index (χ2v) is 9.43. The molecule has 3 aromatic carbocycles. The Balaban J connectivity index is 1.21. The zero-order chi connectivity index (χ0) is 25.8. The molecule has 1 saturated heterocycles. The number of hydrogen-bond acceptors (Lipinski definition) is 4. The average molecular weight is 507 g/mol. The molecule has 2 N–H and O–H groups in total. The molecule has 192 valence electrons. The Morgan fingerprint density at radius 2 is 1.46 bits per heavy atom. The fourth-order valence-electron chi connectivity index (χ4n) is 4.84. The SMILES string of the molecule is O=c1[nH]c(CCCN2CCN(c3ccc(F)cc3)CC2)cc2c(NCc3ccc(F)cc3)cc(F)cc12. The molecule has 0 bridgehead atoms. The fourth-order valence-corrected chi connectivity index (χ4v) is 4.84. The molecule has 5 nitrogen and oxygen atoms in total. The third-order valence-electron chi connectivity index (χ3n) is 6.86. The van der Waals surface area contributed by atoms with Crippen LogP contribution in [0.4, 0.5) is 24.5 Å². The molecular formula is C29H29F3N4O. The highest BCUT2D eigenvalue weighted by atomic mass is 19.1. The maximum atomic E-state index is 14.3. The van der Waals surface area contributed by atoms with E-state index in [1.807, 2.05) is 18.2 Å². The van der Waals surface area contributed by atoms with Crippen LogP contribution in [-0.4, -0.2) is 42.6 Å². The number of anilines is 2. The van der Waals surface area contributed by atoms with Crippen LogP contribution < -0.4 is 15.8 Å². The van der Waals surface area contributed by atoms with E-state index in [0.29, 0.717) is 29.4 Å². The number of fused-ring (bicyclic) bond motifs is 1. The number of piperazine rings is 1. The van der Waals surface area contributed by atoms with E-state index in [9.17, 15) is 18.0 Å². The summed E-state index contributed by atoms with van der Waals surface area (Å²) in [6.45, 7) is 4.88. The van der Waals surface area contributed by atoms with Gasteiger partial charge in [-0.3, -0.25) is 9.69 Å². The molecule has 2 heterocycles. The maximum Gasteiger partial charge on any atom is 0.256 e. The first-order chi connectivity index (χ1) is 17.9. The van der Waals surface area contributed by atoms with Crippen LogP contribution in [0.5, 0.6) is 0 Å². The number of aromatic nitrogens is 1.